The Bertz CT molecular complexity index is 868. The summed E-state index contributed by atoms with van der Waals surface area (Å²) in [7, 11) is -3.13. The molecule has 8 heteroatoms. The molecule has 2 aliphatic rings. The average molecular weight is 392 g/mol. The van der Waals surface area contributed by atoms with E-state index in [-0.39, 0.29) is 29.5 Å². The van der Waals surface area contributed by atoms with E-state index in [2.05, 4.69) is 9.88 Å². The van der Waals surface area contributed by atoms with Gasteiger partial charge in [0.2, 0.25) is 5.91 Å². The van der Waals surface area contributed by atoms with Crippen LogP contribution in [-0.2, 0) is 27.6 Å². The molecule has 4 heterocycles. The first-order valence-corrected chi connectivity index (χ1v) is 11.4. The maximum atomic E-state index is 12.8. The Hall–Kier alpha value is -1.77. The predicted molar refractivity (Wildman–Crippen MR) is 101 cm³/mol. The molecule has 0 aromatic carbocycles. The molecule has 0 saturated carbocycles. The summed E-state index contributed by atoms with van der Waals surface area (Å²) in [5.41, 5.74) is 2.06. The van der Waals surface area contributed by atoms with Crippen molar-refractivity contribution in [1.29, 1.82) is 0 Å². The smallest absolute Gasteiger partial charge is 0.227 e. The van der Waals surface area contributed by atoms with Crippen LogP contribution in [0.3, 0.4) is 0 Å². The Kier molecular flexibility index (Phi) is 4.81. The van der Waals surface area contributed by atoms with Gasteiger partial charge in [-0.15, -0.1) is 0 Å². The van der Waals surface area contributed by atoms with E-state index >= 15 is 0 Å². The minimum absolute atomic E-state index is 0.0246. The number of hydrogen-bond donors (Lipinski definition) is 0. The van der Waals surface area contributed by atoms with Gasteiger partial charge in [-0.2, -0.15) is 11.3 Å². The summed E-state index contributed by atoms with van der Waals surface area (Å²) in [6.45, 7) is 1.91. The predicted octanol–water partition coefficient (Wildman–Crippen LogP) is 1.20. The van der Waals surface area contributed by atoms with Crippen molar-refractivity contribution in [1.82, 2.24) is 14.8 Å². The molecular formula is C18H21N3O3S2. The molecule has 2 atom stereocenters. The highest BCUT2D eigenvalue weighted by atomic mass is 32.2. The number of nitrogens with zero attached hydrogens (tertiary/aromatic N) is 3. The summed E-state index contributed by atoms with van der Waals surface area (Å²) in [5.74, 6) is 0.216. The van der Waals surface area contributed by atoms with Crippen LogP contribution in [0.5, 0.6) is 0 Å². The largest absolute Gasteiger partial charge is 0.336 e. The lowest BCUT2D eigenvalue weighted by Crippen LogP contribution is -2.60. The van der Waals surface area contributed by atoms with Gasteiger partial charge < -0.3 is 4.90 Å². The van der Waals surface area contributed by atoms with Crippen molar-refractivity contribution in [2.45, 2.75) is 25.0 Å². The lowest BCUT2D eigenvalue weighted by atomic mass is 10.0. The summed E-state index contributed by atoms with van der Waals surface area (Å²) in [5, 5.41) is 3.93. The molecule has 2 aromatic rings. The van der Waals surface area contributed by atoms with E-state index < -0.39 is 9.84 Å². The van der Waals surface area contributed by atoms with Crippen LogP contribution in [0, 0.1) is 0 Å². The lowest BCUT2D eigenvalue weighted by Gasteiger charge is -2.44. The third-order valence-electron chi connectivity index (χ3n) is 5.16. The number of aromatic nitrogens is 1. The number of sulfone groups is 1. The van der Waals surface area contributed by atoms with Gasteiger partial charge in [-0.1, -0.05) is 6.07 Å². The van der Waals surface area contributed by atoms with Gasteiger partial charge >= 0.3 is 0 Å². The zero-order chi connectivity index (χ0) is 18.1. The third kappa shape index (κ3) is 3.67. The van der Waals surface area contributed by atoms with Crippen molar-refractivity contribution < 1.29 is 13.2 Å². The van der Waals surface area contributed by atoms with Gasteiger partial charge in [0, 0.05) is 38.1 Å². The highest BCUT2D eigenvalue weighted by Crippen LogP contribution is 2.28. The molecule has 0 spiro atoms. The average Bonchev–Trinajstić information content (AvgIpc) is 3.22. The maximum Gasteiger partial charge on any atom is 0.227 e. The van der Waals surface area contributed by atoms with Crippen LogP contribution in [0.1, 0.15) is 11.1 Å². The molecule has 4 rings (SSSR count). The van der Waals surface area contributed by atoms with E-state index in [9.17, 15) is 13.2 Å². The number of carbonyl (C=O) groups excluding carboxylic acids is 1. The first kappa shape index (κ1) is 17.6. The molecule has 2 fully saturated rings. The van der Waals surface area contributed by atoms with Crippen LogP contribution < -0.4 is 0 Å². The topological polar surface area (TPSA) is 70.6 Å². The fourth-order valence-corrected chi connectivity index (χ4v) is 6.61. The summed E-state index contributed by atoms with van der Waals surface area (Å²) in [6.07, 6.45) is 3.88. The van der Waals surface area contributed by atoms with Gasteiger partial charge in [-0.05, 0) is 34.0 Å². The van der Waals surface area contributed by atoms with Crippen LogP contribution in [-0.4, -0.2) is 65.8 Å². The minimum atomic E-state index is -3.13. The summed E-state index contributed by atoms with van der Waals surface area (Å²) in [4.78, 5) is 20.9. The molecule has 2 aliphatic heterocycles. The quantitative estimate of drug-likeness (QED) is 0.783. The van der Waals surface area contributed by atoms with Gasteiger partial charge in [0.05, 0.1) is 24.0 Å². The van der Waals surface area contributed by atoms with Crippen LogP contribution in [0.15, 0.2) is 41.4 Å². The Morgan fingerprint density at radius 3 is 2.77 bits per heavy atom. The molecule has 2 aromatic heterocycles. The maximum absolute atomic E-state index is 12.8. The van der Waals surface area contributed by atoms with Crippen LogP contribution >= 0.6 is 11.3 Å². The van der Waals surface area contributed by atoms with Gasteiger partial charge in [0.15, 0.2) is 9.84 Å². The molecule has 0 unspecified atom stereocenters. The number of pyridine rings is 1. The third-order valence-corrected chi connectivity index (χ3v) is 7.59. The van der Waals surface area contributed by atoms with Crippen molar-refractivity contribution in [2.75, 3.05) is 24.6 Å². The number of carbonyl (C=O) groups is 1. The van der Waals surface area contributed by atoms with Crippen molar-refractivity contribution in [3.8, 4) is 0 Å². The molecule has 0 N–H and O–H groups in total. The normalized spacial score (nSPS) is 25.2. The molecule has 26 heavy (non-hydrogen) atoms. The molecule has 2 saturated heterocycles. The van der Waals surface area contributed by atoms with E-state index in [0.29, 0.717) is 26.1 Å². The summed E-state index contributed by atoms with van der Waals surface area (Å²) < 4.78 is 24.6. The molecule has 0 bridgehead atoms. The Labute approximate surface area is 157 Å². The van der Waals surface area contributed by atoms with Gasteiger partial charge in [0.25, 0.3) is 0 Å². The second-order valence-corrected chi connectivity index (χ2v) is 9.87. The summed E-state index contributed by atoms with van der Waals surface area (Å²) >= 11 is 1.57. The van der Waals surface area contributed by atoms with Gasteiger partial charge in [-0.25, -0.2) is 8.42 Å². The molecule has 0 radical (unpaired) electrons. The van der Waals surface area contributed by atoms with Crippen LogP contribution in [0.25, 0.3) is 0 Å². The van der Waals surface area contributed by atoms with E-state index in [0.717, 1.165) is 11.1 Å². The van der Waals surface area contributed by atoms with Gasteiger partial charge in [0.1, 0.15) is 0 Å². The zero-order valence-electron chi connectivity index (χ0n) is 14.3. The van der Waals surface area contributed by atoms with Crippen LogP contribution in [0.4, 0.5) is 0 Å². The van der Waals surface area contributed by atoms with Crippen molar-refractivity contribution >= 4 is 27.1 Å². The first-order valence-electron chi connectivity index (χ1n) is 8.66. The fourth-order valence-electron chi connectivity index (χ4n) is 3.93. The summed E-state index contributed by atoms with van der Waals surface area (Å²) in [6, 6.07) is 5.44. The van der Waals surface area contributed by atoms with Crippen molar-refractivity contribution in [3.63, 3.8) is 0 Å². The second kappa shape index (κ2) is 7.09. The molecule has 138 valence electrons. The Morgan fingerprint density at radius 2 is 2.04 bits per heavy atom. The number of fused-ring (bicyclic) bond motifs is 1. The number of thiophene rings is 1. The SMILES string of the molecule is O=C(Cc1ccsc1)N1CCN(Cc2cccnc2)[C@@H]2CS(=O)(=O)C[C@@H]21. The second-order valence-electron chi connectivity index (χ2n) is 6.94. The monoisotopic (exact) mass is 391 g/mol. The van der Waals surface area contributed by atoms with Gasteiger partial charge in [-0.3, -0.25) is 14.7 Å². The number of amides is 1. The molecular weight excluding hydrogens is 370 g/mol. The van der Waals surface area contributed by atoms with Crippen LogP contribution in [0.2, 0.25) is 0 Å². The number of hydrogen-bond acceptors (Lipinski definition) is 6. The van der Waals surface area contributed by atoms with E-state index in [1.54, 1.807) is 22.4 Å². The standard InChI is InChI=1S/C18H21N3O3S2/c22-18(8-14-3-7-25-11-14)21-6-5-20(10-15-2-1-4-19-9-15)16-12-26(23,24)13-17(16)21/h1-4,7,9,11,16-17H,5-6,8,10,12-13H2/t16-,17+/m1/s1. The highest BCUT2D eigenvalue weighted by Gasteiger charge is 2.47. The molecule has 1 amide bonds. The Morgan fingerprint density at radius 1 is 1.19 bits per heavy atom. The lowest BCUT2D eigenvalue weighted by molar-refractivity contribution is -0.136. The molecule has 6 nitrogen and oxygen atoms in total. The minimum Gasteiger partial charge on any atom is -0.336 e. The van der Waals surface area contributed by atoms with Crippen molar-refractivity contribution in [3.05, 3.63) is 52.5 Å². The van der Waals surface area contributed by atoms with Crippen molar-refractivity contribution in [2.24, 2.45) is 0 Å². The molecule has 0 aliphatic carbocycles. The fraction of sp³-hybridized carbons (Fsp3) is 0.444. The van der Waals surface area contributed by atoms with E-state index in [1.807, 2.05) is 35.2 Å². The van der Waals surface area contributed by atoms with E-state index in [1.165, 1.54) is 0 Å². The van der Waals surface area contributed by atoms with E-state index in [4.69, 9.17) is 0 Å². The zero-order valence-corrected chi connectivity index (χ0v) is 16.0. The first-order chi connectivity index (χ1) is 12.5. The Balaban J connectivity index is 1.53. The number of piperazine rings is 1. The highest BCUT2D eigenvalue weighted by molar-refractivity contribution is 7.91. The number of rotatable bonds is 4.